The molecule has 0 saturated carbocycles. The monoisotopic (exact) mass is 238 g/mol. The Hall–Kier alpha value is -1.38. The van der Waals surface area contributed by atoms with E-state index in [0.717, 1.165) is 0 Å². The standard InChI is InChI=1S/C16H14O2/c1-7-13-9-3-5-11(17-9)15(13)8(2)16-12-6-4-10(18-12)14(7)16/h3-6,9-12H,1-2H3. The second-order valence-corrected chi connectivity index (χ2v) is 5.63. The van der Waals surface area contributed by atoms with Gasteiger partial charge < -0.3 is 9.47 Å². The number of hydrogen-bond acceptors (Lipinski definition) is 2. The Morgan fingerprint density at radius 2 is 0.889 bits per heavy atom. The smallest absolute Gasteiger partial charge is 0.103 e. The molecular weight excluding hydrogens is 224 g/mol. The van der Waals surface area contributed by atoms with Crippen LogP contribution in [0.2, 0.25) is 0 Å². The summed E-state index contributed by atoms with van der Waals surface area (Å²) in [6.45, 7) is 4.46. The van der Waals surface area contributed by atoms with Gasteiger partial charge in [-0.15, -0.1) is 0 Å². The third-order valence-electron chi connectivity index (χ3n) is 4.84. The van der Waals surface area contributed by atoms with Crippen LogP contribution in [-0.2, 0) is 9.47 Å². The van der Waals surface area contributed by atoms with E-state index in [4.69, 9.17) is 9.47 Å². The van der Waals surface area contributed by atoms with Crippen LogP contribution < -0.4 is 0 Å². The Balaban J connectivity index is 1.90. The molecule has 5 rings (SSSR count). The third kappa shape index (κ3) is 0.846. The molecule has 0 radical (unpaired) electrons. The highest BCUT2D eigenvalue weighted by Crippen LogP contribution is 2.56. The molecule has 4 atom stereocenters. The molecule has 4 aliphatic rings. The van der Waals surface area contributed by atoms with Crippen LogP contribution in [0.25, 0.3) is 0 Å². The Morgan fingerprint density at radius 3 is 1.17 bits per heavy atom. The first-order chi connectivity index (χ1) is 8.75. The van der Waals surface area contributed by atoms with E-state index in [0.29, 0.717) is 0 Å². The average Bonchev–Trinajstić information content (AvgIpc) is 3.10. The van der Waals surface area contributed by atoms with Gasteiger partial charge in [0.2, 0.25) is 0 Å². The van der Waals surface area contributed by atoms with Gasteiger partial charge >= 0.3 is 0 Å². The molecule has 1 aromatic rings. The third-order valence-corrected chi connectivity index (χ3v) is 4.84. The number of ether oxygens (including phenoxy) is 2. The van der Waals surface area contributed by atoms with Crippen LogP contribution in [0.3, 0.4) is 0 Å². The van der Waals surface area contributed by atoms with Crippen LogP contribution in [0.5, 0.6) is 0 Å². The van der Waals surface area contributed by atoms with Gasteiger partial charge in [0.05, 0.1) is 0 Å². The molecule has 0 fully saturated rings. The quantitative estimate of drug-likeness (QED) is 0.642. The van der Waals surface area contributed by atoms with Crippen LogP contribution in [0.15, 0.2) is 24.3 Å². The molecular formula is C16H14O2. The molecule has 4 bridgehead atoms. The molecule has 0 aliphatic carbocycles. The predicted octanol–water partition coefficient (Wildman–Crippen LogP) is 3.67. The van der Waals surface area contributed by atoms with Crippen molar-refractivity contribution in [3.05, 3.63) is 57.7 Å². The highest BCUT2D eigenvalue weighted by atomic mass is 16.5. The van der Waals surface area contributed by atoms with Crippen molar-refractivity contribution in [3.8, 4) is 0 Å². The van der Waals surface area contributed by atoms with Gasteiger partial charge in [-0.05, 0) is 47.2 Å². The van der Waals surface area contributed by atoms with Gasteiger partial charge in [-0.2, -0.15) is 0 Å². The van der Waals surface area contributed by atoms with Gasteiger partial charge in [-0.1, -0.05) is 24.3 Å². The first kappa shape index (κ1) is 9.54. The highest BCUT2D eigenvalue weighted by Gasteiger charge is 2.44. The van der Waals surface area contributed by atoms with Gasteiger partial charge in [0.1, 0.15) is 24.4 Å². The maximum atomic E-state index is 6.00. The second kappa shape index (κ2) is 2.79. The maximum absolute atomic E-state index is 6.00. The molecule has 0 N–H and O–H groups in total. The molecule has 4 unspecified atom stereocenters. The number of rotatable bonds is 0. The summed E-state index contributed by atoms with van der Waals surface area (Å²) in [5, 5.41) is 0. The molecule has 0 amide bonds. The van der Waals surface area contributed by atoms with E-state index >= 15 is 0 Å². The lowest BCUT2D eigenvalue weighted by Crippen LogP contribution is -2.08. The summed E-state index contributed by atoms with van der Waals surface area (Å²) in [5.41, 5.74) is 8.40. The molecule has 18 heavy (non-hydrogen) atoms. The molecule has 1 aromatic carbocycles. The zero-order valence-electron chi connectivity index (χ0n) is 10.4. The lowest BCUT2D eigenvalue weighted by molar-refractivity contribution is 0.0832. The van der Waals surface area contributed by atoms with Gasteiger partial charge in [0, 0.05) is 0 Å². The Labute approximate surface area is 106 Å². The fourth-order valence-corrected chi connectivity index (χ4v) is 4.12. The zero-order chi connectivity index (χ0) is 12.0. The Bertz CT molecular complexity index is 548. The van der Waals surface area contributed by atoms with E-state index in [2.05, 4.69) is 38.2 Å². The van der Waals surface area contributed by atoms with Gasteiger partial charge in [-0.25, -0.2) is 0 Å². The summed E-state index contributed by atoms with van der Waals surface area (Å²) in [5.74, 6) is 0. The highest BCUT2D eigenvalue weighted by molar-refractivity contribution is 5.62. The van der Waals surface area contributed by atoms with Crippen molar-refractivity contribution in [2.45, 2.75) is 38.3 Å². The molecule has 2 heteroatoms. The zero-order valence-corrected chi connectivity index (χ0v) is 10.4. The second-order valence-electron chi connectivity index (χ2n) is 5.63. The van der Waals surface area contributed by atoms with E-state index in [1.165, 1.54) is 33.4 Å². The van der Waals surface area contributed by atoms with Gasteiger partial charge in [0.15, 0.2) is 0 Å². The summed E-state index contributed by atoms with van der Waals surface area (Å²) in [6, 6.07) is 0. The lowest BCUT2D eigenvalue weighted by atomic mass is 9.80. The Morgan fingerprint density at radius 1 is 0.611 bits per heavy atom. The molecule has 0 spiro atoms. The van der Waals surface area contributed by atoms with Crippen molar-refractivity contribution in [2.24, 2.45) is 0 Å². The largest absolute Gasteiger partial charge is 0.357 e. The normalized spacial score (nSPS) is 36.6. The molecule has 4 aliphatic heterocycles. The summed E-state index contributed by atoms with van der Waals surface area (Å²) in [6.07, 6.45) is 9.47. The topological polar surface area (TPSA) is 18.5 Å². The predicted molar refractivity (Wildman–Crippen MR) is 67.3 cm³/mol. The fourth-order valence-electron chi connectivity index (χ4n) is 4.12. The SMILES string of the molecule is Cc1c2c(c(C)c3c1C1C=CC3O1)C1C=CC2O1. The van der Waals surface area contributed by atoms with Crippen molar-refractivity contribution >= 4 is 0 Å². The molecule has 0 saturated heterocycles. The van der Waals surface area contributed by atoms with Crippen molar-refractivity contribution in [3.63, 3.8) is 0 Å². The van der Waals surface area contributed by atoms with Gasteiger partial charge in [0.25, 0.3) is 0 Å². The van der Waals surface area contributed by atoms with Crippen molar-refractivity contribution in [1.82, 2.24) is 0 Å². The van der Waals surface area contributed by atoms with Crippen LogP contribution >= 0.6 is 0 Å². The maximum Gasteiger partial charge on any atom is 0.103 e. The van der Waals surface area contributed by atoms with E-state index in [-0.39, 0.29) is 24.4 Å². The minimum Gasteiger partial charge on any atom is -0.357 e. The first-order valence-corrected chi connectivity index (χ1v) is 6.60. The number of fused-ring (bicyclic) bond motifs is 10. The minimum atomic E-state index is 0.178. The van der Waals surface area contributed by atoms with Crippen molar-refractivity contribution in [1.29, 1.82) is 0 Å². The molecule has 2 nitrogen and oxygen atoms in total. The van der Waals surface area contributed by atoms with Crippen LogP contribution in [-0.4, -0.2) is 0 Å². The van der Waals surface area contributed by atoms with E-state index in [1.54, 1.807) is 0 Å². The molecule has 0 aromatic heterocycles. The lowest BCUT2D eigenvalue weighted by Gasteiger charge is -2.21. The first-order valence-electron chi connectivity index (χ1n) is 6.60. The van der Waals surface area contributed by atoms with Crippen LogP contribution in [0.4, 0.5) is 0 Å². The average molecular weight is 238 g/mol. The van der Waals surface area contributed by atoms with Gasteiger partial charge in [-0.3, -0.25) is 0 Å². The van der Waals surface area contributed by atoms with E-state index < -0.39 is 0 Å². The Kier molecular flexibility index (Phi) is 1.48. The van der Waals surface area contributed by atoms with Crippen molar-refractivity contribution in [2.75, 3.05) is 0 Å². The summed E-state index contributed by atoms with van der Waals surface area (Å²) in [4.78, 5) is 0. The fraction of sp³-hybridized carbons (Fsp3) is 0.375. The van der Waals surface area contributed by atoms with E-state index in [1.807, 2.05) is 0 Å². The molecule has 4 heterocycles. The summed E-state index contributed by atoms with van der Waals surface area (Å²) >= 11 is 0. The van der Waals surface area contributed by atoms with Crippen LogP contribution in [0.1, 0.15) is 57.8 Å². The van der Waals surface area contributed by atoms with Crippen molar-refractivity contribution < 1.29 is 9.47 Å². The van der Waals surface area contributed by atoms with Crippen LogP contribution in [0, 0.1) is 13.8 Å². The summed E-state index contributed by atoms with van der Waals surface area (Å²) in [7, 11) is 0. The summed E-state index contributed by atoms with van der Waals surface area (Å²) < 4.78 is 12.0. The van der Waals surface area contributed by atoms with E-state index in [9.17, 15) is 0 Å². The number of hydrogen-bond donors (Lipinski definition) is 0. The minimum absolute atomic E-state index is 0.178. The number of benzene rings is 1. The molecule has 90 valence electrons.